The quantitative estimate of drug-likeness (QED) is 0.350. The smallest absolute Gasteiger partial charge is 0.340 e. The van der Waals surface area contributed by atoms with Crippen molar-refractivity contribution in [2.45, 2.75) is 40.2 Å². The van der Waals surface area contributed by atoms with Crippen LogP contribution < -0.4 is 23.3 Å². The number of carbonyl (C=O) groups is 1. The Morgan fingerprint density at radius 3 is 2.62 bits per heavy atom. The molecule has 144 valence electrons. The summed E-state index contributed by atoms with van der Waals surface area (Å²) < 4.78 is 10.1. The van der Waals surface area contributed by atoms with Crippen LogP contribution in [0.1, 0.15) is 37.0 Å². The maximum absolute atomic E-state index is 12.3. The van der Waals surface area contributed by atoms with Crippen LogP contribution in [0.4, 0.5) is 0 Å². The SMILES string of the molecule is COC(=O)Cc1c(C)c2ccc(O)c(C[NH2+]CCC(C)C)c2oc1=O.[Cl-]. The van der Waals surface area contributed by atoms with Crippen LogP contribution >= 0.6 is 0 Å². The van der Waals surface area contributed by atoms with Gasteiger partial charge in [-0.15, -0.1) is 0 Å². The number of halogens is 1. The van der Waals surface area contributed by atoms with Gasteiger partial charge in [0, 0.05) is 5.39 Å². The Labute approximate surface area is 159 Å². The van der Waals surface area contributed by atoms with Crippen molar-refractivity contribution in [1.82, 2.24) is 0 Å². The van der Waals surface area contributed by atoms with Gasteiger partial charge in [-0.2, -0.15) is 0 Å². The van der Waals surface area contributed by atoms with Crippen LogP contribution in [0.15, 0.2) is 21.3 Å². The van der Waals surface area contributed by atoms with Gasteiger partial charge in [0.1, 0.15) is 12.3 Å². The van der Waals surface area contributed by atoms with E-state index in [2.05, 4.69) is 23.9 Å². The van der Waals surface area contributed by atoms with Gasteiger partial charge in [0.05, 0.1) is 31.2 Å². The van der Waals surface area contributed by atoms with Crippen LogP contribution in [-0.2, 0) is 22.5 Å². The number of benzene rings is 1. The molecule has 7 heteroatoms. The number of aromatic hydroxyl groups is 1. The number of aryl methyl sites for hydroxylation is 1. The molecule has 3 N–H and O–H groups in total. The highest BCUT2D eigenvalue weighted by Gasteiger charge is 2.19. The van der Waals surface area contributed by atoms with Gasteiger partial charge < -0.3 is 32.0 Å². The maximum atomic E-state index is 12.3. The number of phenolic OH excluding ortho intramolecular Hbond substituents is 1. The van der Waals surface area contributed by atoms with E-state index in [9.17, 15) is 14.7 Å². The fourth-order valence-corrected chi connectivity index (χ4v) is 2.82. The molecule has 2 aromatic rings. The fourth-order valence-electron chi connectivity index (χ4n) is 2.82. The molecule has 6 nitrogen and oxygen atoms in total. The molecule has 0 bridgehead atoms. The topological polar surface area (TPSA) is 93.3 Å². The van der Waals surface area contributed by atoms with Crippen molar-refractivity contribution in [3.8, 4) is 5.75 Å². The van der Waals surface area contributed by atoms with Crippen molar-refractivity contribution >= 4 is 16.9 Å². The number of esters is 1. The highest BCUT2D eigenvalue weighted by atomic mass is 35.5. The van der Waals surface area contributed by atoms with Crippen LogP contribution in [0.5, 0.6) is 5.75 Å². The second kappa shape index (κ2) is 9.59. The molecule has 1 aromatic carbocycles. The number of phenols is 1. The Hall–Kier alpha value is -2.05. The summed E-state index contributed by atoms with van der Waals surface area (Å²) in [5.74, 6) is 0.228. The molecule has 1 heterocycles. The standard InChI is InChI=1S/C19H25NO5.ClH/c1-11(2)7-8-20-10-15-16(21)6-5-13-12(3)14(9-17(22)24-4)19(23)25-18(13)15;/h5-6,11,20-21H,7-10H2,1-4H3;1H. The lowest BCUT2D eigenvalue weighted by molar-refractivity contribution is -0.671. The van der Waals surface area contributed by atoms with Gasteiger partial charge >= 0.3 is 11.6 Å². The Balaban J connectivity index is 0.00000338. The zero-order chi connectivity index (χ0) is 18.6. The Morgan fingerprint density at radius 1 is 1.31 bits per heavy atom. The minimum absolute atomic E-state index is 0. The van der Waals surface area contributed by atoms with E-state index in [0.717, 1.165) is 18.4 Å². The molecule has 0 aliphatic carbocycles. The fraction of sp³-hybridized carbons (Fsp3) is 0.474. The molecular weight excluding hydrogens is 358 g/mol. The third kappa shape index (κ3) is 4.99. The van der Waals surface area contributed by atoms with Crippen LogP contribution in [0.25, 0.3) is 11.0 Å². The third-order valence-electron chi connectivity index (χ3n) is 4.38. The molecule has 0 spiro atoms. The number of hydrogen-bond donors (Lipinski definition) is 2. The summed E-state index contributed by atoms with van der Waals surface area (Å²) in [7, 11) is 1.28. The van der Waals surface area contributed by atoms with E-state index in [4.69, 9.17) is 4.42 Å². The second-order valence-electron chi connectivity index (χ2n) is 6.65. The lowest BCUT2D eigenvalue weighted by Crippen LogP contribution is -3.00. The predicted octanol–water partition coefficient (Wildman–Crippen LogP) is -1.36. The molecule has 0 aliphatic rings. The van der Waals surface area contributed by atoms with Gasteiger partial charge in [-0.25, -0.2) is 4.79 Å². The Morgan fingerprint density at radius 2 is 2.00 bits per heavy atom. The third-order valence-corrected chi connectivity index (χ3v) is 4.38. The normalized spacial score (nSPS) is 10.8. The van der Waals surface area contributed by atoms with Crippen LogP contribution in [0.2, 0.25) is 0 Å². The highest BCUT2D eigenvalue weighted by molar-refractivity contribution is 5.86. The summed E-state index contributed by atoms with van der Waals surface area (Å²) in [6.07, 6.45) is 0.940. The molecule has 0 fully saturated rings. The molecule has 0 unspecified atom stereocenters. The molecule has 0 aliphatic heterocycles. The summed E-state index contributed by atoms with van der Waals surface area (Å²) in [4.78, 5) is 23.8. The van der Waals surface area contributed by atoms with Crippen molar-refractivity contribution in [1.29, 1.82) is 0 Å². The van der Waals surface area contributed by atoms with Gasteiger partial charge in [0.25, 0.3) is 0 Å². The molecule has 0 saturated carbocycles. The van der Waals surface area contributed by atoms with Crippen molar-refractivity contribution in [2.24, 2.45) is 5.92 Å². The first-order valence-electron chi connectivity index (χ1n) is 8.50. The number of hydrogen-bond acceptors (Lipinski definition) is 5. The molecule has 2 rings (SSSR count). The van der Waals surface area contributed by atoms with E-state index in [1.807, 2.05) is 0 Å². The van der Waals surface area contributed by atoms with E-state index < -0.39 is 11.6 Å². The predicted molar refractivity (Wildman–Crippen MR) is 94.6 cm³/mol. The van der Waals surface area contributed by atoms with Gasteiger partial charge in [-0.05, 0) is 37.0 Å². The van der Waals surface area contributed by atoms with Crippen LogP contribution in [0.3, 0.4) is 0 Å². The lowest BCUT2D eigenvalue weighted by atomic mass is 10.0. The number of fused-ring (bicyclic) bond motifs is 1. The van der Waals surface area contributed by atoms with E-state index >= 15 is 0 Å². The van der Waals surface area contributed by atoms with Gasteiger partial charge in [0.2, 0.25) is 0 Å². The lowest BCUT2D eigenvalue weighted by Gasteiger charge is -2.11. The maximum Gasteiger partial charge on any atom is 0.340 e. The van der Waals surface area contributed by atoms with E-state index in [1.54, 1.807) is 19.1 Å². The molecule has 0 radical (unpaired) electrons. The summed E-state index contributed by atoms with van der Waals surface area (Å²) in [6.45, 7) is 7.55. The monoisotopic (exact) mass is 383 g/mol. The largest absolute Gasteiger partial charge is 1.00 e. The first-order chi connectivity index (χ1) is 11.8. The van der Waals surface area contributed by atoms with Crippen molar-refractivity contribution in [3.63, 3.8) is 0 Å². The zero-order valence-electron chi connectivity index (χ0n) is 15.6. The molecule has 26 heavy (non-hydrogen) atoms. The number of rotatable bonds is 7. The van der Waals surface area contributed by atoms with Gasteiger partial charge in [0.15, 0.2) is 5.58 Å². The zero-order valence-corrected chi connectivity index (χ0v) is 16.4. The minimum Gasteiger partial charge on any atom is -1.00 e. The molecule has 0 amide bonds. The molecule has 0 saturated heterocycles. The Bertz CT molecular complexity index is 829. The highest BCUT2D eigenvalue weighted by Crippen LogP contribution is 2.28. The molecule has 1 aromatic heterocycles. The first kappa shape index (κ1) is 22.0. The van der Waals surface area contributed by atoms with Gasteiger partial charge in [-0.1, -0.05) is 13.8 Å². The average molecular weight is 384 g/mol. The van der Waals surface area contributed by atoms with Crippen molar-refractivity contribution in [3.05, 3.63) is 39.2 Å². The summed E-state index contributed by atoms with van der Waals surface area (Å²) in [6, 6.07) is 3.31. The molecule has 0 atom stereocenters. The summed E-state index contributed by atoms with van der Waals surface area (Å²) >= 11 is 0. The number of nitrogens with two attached hydrogens (primary N) is 1. The minimum atomic E-state index is -0.565. The number of carbonyl (C=O) groups excluding carboxylic acids is 1. The van der Waals surface area contributed by atoms with E-state index in [1.165, 1.54) is 7.11 Å². The van der Waals surface area contributed by atoms with Gasteiger partial charge in [-0.3, -0.25) is 4.79 Å². The average Bonchev–Trinajstić information content (AvgIpc) is 2.56. The second-order valence-corrected chi connectivity index (χ2v) is 6.65. The molecular formula is C19H26ClNO5. The van der Waals surface area contributed by atoms with E-state index in [-0.39, 0.29) is 24.6 Å². The van der Waals surface area contributed by atoms with Crippen molar-refractivity contribution in [2.75, 3.05) is 13.7 Å². The Kier molecular flexibility index (Phi) is 8.11. The summed E-state index contributed by atoms with van der Waals surface area (Å²) in [5.41, 5.74) is 1.40. The van der Waals surface area contributed by atoms with E-state index in [0.29, 0.717) is 34.7 Å². The summed E-state index contributed by atoms with van der Waals surface area (Å²) in [5, 5.41) is 13.0. The van der Waals surface area contributed by atoms with Crippen molar-refractivity contribution < 1.29 is 36.8 Å². The number of quaternary nitrogens is 1. The van der Waals surface area contributed by atoms with Crippen LogP contribution in [-0.4, -0.2) is 24.7 Å². The van der Waals surface area contributed by atoms with Crippen LogP contribution in [0, 0.1) is 12.8 Å². The number of ether oxygens (including phenoxy) is 1. The number of methoxy groups -OCH3 is 1. The first-order valence-corrected chi connectivity index (χ1v) is 8.50.